The smallest absolute Gasteiger partial charge is 0.261 e. The summed E-state index contributed by atoms with van der Waals surface area (Å²) < 4.78 is 38.2. The first-order valence-corrected chi connectivity index (χ1v) is 11.1. The van der Waals surface area contributed by atoms with Gasteiger partial charge >= 0.3 is 0 Å². The maximum atomic E-state index is 12.5. The topological polar surface area (TPSA) is 93.7 Å². The first kappa shape index (κ1) is 22.2. The molecule has 7 nitrogen and oxygen atoms in total. The average molecular weight is 441 g/mol. The summed E-state index contributed by atoms with van der Waals surface area (Å²) in [5, 5.41) is 2.75. The van der Waals surface area contributed by atoms with E-state index in [9.17, 15) is 13.2 Å². The first-order chi connectivity index (χ1) is 14.9. The van der Waals surface area contributed by atoms with E-state index in [1.807, 2.05) is 31.2 Å². The van der Waals surface area contributed by atoms with E-state index in [1.54, 1.807) is 24.3 Å². The van der Waals surface area contributed by atoms with E-state index in [2.05, 4.69) is 10.0 Å². The van der Waals surface area contributed by atoms with Crippen LogP contribution < -0.4 is 19.5 Å². The van der Waals surface area contributed by atoms with Crippen molar-refractivity contribution in [1.29, 1.82) is 0 Å². The fourth-order valence-electron chi connectivity index (χ4n) is 2.80. The Morgan fingerprint density at radius 2 is 1.65 bits per heavy atom. The van der Waals surface area contributed by atoms with Gasteiger partial charge in [0.1, 0.15) is 18.1 Å². The van der Waals surface area contributed by atoms with Crippen LogP contribution in [0.4, 0.5) is 5.69 Å². The van der Waals surface area contributed by atoms with Crippen LogP contribution in [-0.2, 0) is 10.0 Å². The molecule has 8 heteroatoms. The van der Waals surface area contributed by atoms with Crippen molar-refractivity contribution in [3.8, 4) is 11.5 Å². The molecule has 31 heavy (non-hydrogen) atoms. The summed E-state index contributed by atoms with van der Waals surface area (Å²) in [7, 11) is -2.24. The molecule has 0 aliphatic carbocycles. The molecule has 3 aromatic rings. The van der Waals surface area contributed by atoms with Gasteiger partial charge in [0.15, 0.2) is 0 Å². The Kier molecular flexibility index (Phi) is 7.15. The van der Waals surface area contributed by atoms with Crippen LogP contribution in [0.15, 0.2) is 77.7 Å². The average Bonchev–Trinajstić information content (AvgIpc) is 2.77. The number of carbonyl (C=O) groups excluding carboxylic acids is 1. The normalized spacial score (nSPS) is 10.9. The summed E-state index contributed by atoms with van der Waals surface area (Å²) in [6.07, 6.45) is 0. The Bertz CT molecular complexity index is 1130. The highest BCUT2D eigenvalue weighted by molar-refractivity contribution is 7.92. The number of anilines is 1. The zero-order valence-electron chi connectivity index (χ0n) is 17.3. The van der Waals surface area contributed by atoms with Gasteiger partial charge in [-0.3, -0.25) is 9.52 Å². The van der Waals surface area contributed by atoms with E-state index >= 15 is 0 Å². The standard InChI is InChI=1S/C23H24N2O5S/c1-17-4-3-5-21(16-17)30-15-14-24-23(26)18-6-12-22(13-7-18)31(27,28)25-19-8-10-20(29-2)11-9-19/h3-13,16,25H,14-15H2,1-2H3,(H,24,26). The third-order valence-corrected chi connectivity index (χ3v) is 5.81. The van der Waals surface area contributed by atoms with E-state index in [-0.39, 0.29) is 10.8 Å². The number of amides is 1. The first-order valence-electron chi connectivity index (χ1n) is 9.62. The molecular weight excluding hydrogens is 416 g/mol. The van der Waals surface area contributed by atoms with Crippen molar-refractivity contribution in [2.75, 3.05) is 25.0 Å². The van der Waals surface area contributed by atoms with Crippen LogP contribution in [0.1, 0.15) is 15.9 Å². The molecule has 0 spiro atoms. The molecule has 0 unspecified atom stereocenters. The van der Waals surface area contributed by atoms with Gasteiger partial charge in [0.2, 0.25) is 0 Å². The number of benzene rings is 3. The Balaban J connectivity index is 1.53. The number of hydrogen-bond acceptors (Lipinski definition) is 5. The highest BCUT2D eigenvalue weighted by Crippen LogP contribution is 2.19. The van der Waals surface area contributed by atoms with E-state index in [1.165, 1.54) is 31.4 Å². The minimum atomic E-state index is -3.77. The van der Waals surface area contributed by atoms with Crippen LogP contribution in [-0.4, -0.2) is 34.6 Å². The zero-order chi connectivity index (χ0) is 22.3. The number of carbonyl (C=O) groups is 1. The van der Waals surface area contributed by atoms with Gasteiger partial charge in [-0.1, -0.05) is 12.1 Å². The van der Waals surface area contributed by atoms with Crippen LogP contribution in [0.3, 0.4) is 0 Å². The van der Waals surface area contributed by atoms with Crippen LogP contribution >= 0.6 is 0 Å². The number of ether oxygens (including phenoxy) is 2. The molecule has 0 aromatic heterocycles. The lowest BCUT2D eigenvalue weighted by Gasteiger charge is -2.10. The van der Waals surface area contributed by atoms with Crippen molar-refractivity contribution in [2.24, 2.45) is 0 Å². The molecule has 0 bridgehead atoms. The number of nitrogens with one attached hydrogen (secondary N) is 2. The van der Waals surface area contributed by atoms with Gasteiger partial charge in [0.25, 0.3) is 15.9 Å². The number of aryl methyl sites for hydroxylation is 1. The van der Waals surface area contributed by atoms with Crippen LogP contribution in [0, 0.1) is 6.92 Å². The van der Waals surface area contributed by atoms with Gasteiger partial charge in [-0.2, -0.15) is 0 Å². The molecule has 0 fully saturated rings. The summed E-state index contributed by atoms with van der Waals surface area (Å²) in [5.41, 5.74) is 1.87. The molecule has 3 rings (SSSR count). The van der Waals surface area contributed by atoms with Crippen LogP contribution in [0.25, 0.3) is 0 Å². The fraction of sp³-hybridized carbons (Fsp3) is 0.174. The van der Waals surface area contributed by atoms with E-state index in [0.29, 0.717) is 30.2 Å². The highest BCUT2D eigenvalue weighted by atomic mass is 32.2. The molecule has 0 aliphatic heterocycles. The molecule has 0 radical (unpaired) electrons. The summed E-state index contributed by atoms with van der Waals surface area (Å²) in [6.45, 7) is 2.63. The van der Waals surface area contributed by atoms with Gasteiger partial charge in [-0.15, -0.1) is 0 Å². The van der Waals surface area contributed by atoms with Gasteiger partial charge in [-0.05, 0) is 73.2 Å². The van der Waals surface area contributed by atoms with E-state index in [4.69, 9.17) is 9.47 Å². The Morgan fingerprint density at radius 3 is 2.29 bits per heavy atom. The van der Waals surface area contributed by atoms with Crippen molar-refractivity contribution in [3.05, 3.63) is 83.9 Å². The third kappa shape index (κ3) is 6.23. The lowest BCUT2D eigenvalue weighted by atomic mass is 10.2. The molecule has 0 aliphatic rings. The Hall–Kier alpha value is -3.52. The van der Waals surface area contributed by atoms with Crippen molar-refractivity contribution in [3.63, 3.8) is 0 Å². The molecule has 0 atom stereocenters. The third-order valence-electron chi connectivity index (χ3n) is 4.41. The number of methoxy groups -OCH3 is 1. The Morgan fingerprint density at radius 1 is 0.935 bits per heavy atom. The van der Waals surface area contributed by atoms with E-state index in [0.717, 1.165) is 11.3 Å². The molecule has 1 amide bonds. The number of hydrogen-bond donors (Lipinski definition) is 2. The maximum absolute atomic E-state index is 12.5. The quantitative estimate of drug-likeness (QED) is 0.496. The second kappa shape index (κ2) is 9.99. The molecule has 2 N–H and O–H groups in total. The van der Waals surface area contributed by atoms with Gasteiger partial charge in [0.05, 0.1) is 18.6 Å². The van der Waals surface area contributed by atoms with Crippen molar-refractivity contribution in [1.82, 2.24) is 5.32 Å². The molecule has 3 aromatic carbocycles. The minimum Gasteiger partial charge on any atom is -0.497 e. The van der Waals surface area contributed by atoms with Gasteiger partial charge in [-0.25, -0.2) is 8.42 Å². The minimum absolute atomic E-state index is 0.0580. The lowest BCUT2D eigenvalue weighted by molar-refractivity contribution is 0.0947. The van der Waals surface area contributed by atoms with Crippen molar-refractivity contribution >= 4 is 21.6 Å². The van der Waals surface area contributed by atoms with Gasteiger partial charge in [0, 0.05) is 11.3 Å². The Labute approximate surface area is 182 Å². The van der Waals surface area contributed by atoms with Crippen LogP contribution in [0.5, 0.6) is 11.5 Å². The van der Waals surface area contributed by atoms with Crippen LogP contribution in [0.2, 0.25) is 0 Å². The summed E-state index contributed by atoms with van der Waals surface area (Å²) >= 11 is 0. The summed E-state index contributed by atoms with van der Waals surface area (Å²) in [5.74, 6) is 1.07. The largest absolute Gasteiger partial charge is 0.497 e. The second-order valence-electron chi connectivity index (χ2n) is 6.78. The monoisotopic (exact) mass is 440 g/mol. The number of rotatable bonds is 9. The second-order valence-corrected chi connectivity index (χ2v) is 8.46. The number of sulfonamides is 1. The maximum Gasteiger partial charge on any atom is 0.261 e. The summed E-state index contributed by atoms with van der Waals surface area (Å²) in [6, 6.07) is 19.9. The zero-order valence-corrected chi connectivity index (χ0v) is 18.1. The van der Waals surface area contributed by atoms with Crippen molar-refractivity contribution < 1.29 is 22.7 Å². The summed E-state index contributed by atoms with van der Waals surface area (Å²) in [4.78, 5) is 12.3. The fourth-order valence-corrected chi connectivity index (χ4v) is 3.86. The lowest BCUT2D eigenvalue weighted by Crippen LogP contribution is -2.28. The van der Waals surface area contributed by atoms with Crippen molar-refractivity contribution in [2.45, 2.75) is 11.8 Å². The SMILES string of the molecule is COc1ccc(NS(=O)(=O)c2ccc(C(=O)NCCOc3cccc(C)c3)cc2)cc1. The molecule has 0 saturated carbocycles. The predicted octanol–water partition coefficient (Wildman–Crippen LogP) is 3.61. The van der Waals surface area contributed by atoms with E-state index < -0.39 is 10.0 Å². The molecule has 0 saturated heterocycles. The molecular formula is C23H24N2O5S. The predicted molar refractivity (Wildman–Crippen MR) is 119 cm³/mol. The molecule has 162 valence electrons. The molecule has 0 heterocycles. The highest BCUT2D eigenvalue weighted by Gasteiger charge is 2.15. The van der Waals surface area contributed by atoms with Gasteiger partial charge < -0.3 is 14.8 Å².